The van der Waals surface area contributed by atoms with Gasteiger partial charge >= 0.3 is 0 Å². The number of thiophene rings is 1. The molecule has 2 N–H and O–H groups in total. The molecule has 0 spiro atoms. The Labute approximate surface area is 113 Å². The molecule has 90 valence electrons. The van der Waals surface area contributed by atoms with E-state index in [2.05, 4.69) is 26.2 Å². The maximum atomic E-state index is 9.85. The van der Waals surface area contributed by atoms with Crippen LogP contribution in [0.5, 0.6) is 0 Å². The highest BCUT2D eigenvalue weighted by molar-refractivity contribution is 9.10. The molecule has 0 saturated carbocycles. The van der Waals surface area contributed by atoms with Gasteiger partial charge in [0.05, 0.1) is 11.8 Å². The van der Waals surface area contributed by atoms with Gasteiger partial charge in [0.15, 0.2) is 0 Å². The van der Waals surface area contributed by atoms with Crippen molar-refractivity contribution in [2.24, 2.45) is 0 Å². The van der Waals surface area contributed by atoms with E-state index in [-0.39, 0.29) is 0 Å². The van der Waals surface area contributed by atoms with Crippen LogP contribution in [-0.4, -0.2) is 16.6 Å². The van der Waals surface area contributed by atoms with E-state index in [0.717, 1.165) is 15.7 Å². The quantitative estimate of drug-likeness (QED) is 0.892. The Morgan fingerprint density at radius 1 is 1.41 bits per heavy atom. The fourth-order valence-electron chi connectivity index (χ4n) is 1.43. The molecule has 0 bridgehead atoms. The molecule has 0 saturated heterocycles. The van der Waals surface area contributed by atoms with Crippen molar-refractivity contribution in [2.45, 2.75) is 12.6 Å². The number of nitrogens with one attached hydrogen (secondary N) is 1. The number of aliphatic hydroxyl groups excluding tert-OH is 1. The molecule has 1 unspecified atom stereocenters. The van der Waals surface area contributed by atoms with Crippen molar-refractivity contribution in [3.05, 3.63) is 50.9 Å². The fourth-order valence-corrected chi connectivity index (χ4v) is 2.37. The van der Waals surface area contributed by atoms with Crippen molar-refractivity contribution in [3.8, 4) is 0 Å². The lowest BCUT2D eigenvalue weighted by Crippen LogP contribution is -2.21. The molecule has 0 aliphatic rings. The molecule has 17 heavy (non-hydrogen) atoms. The molecule has 2 heterocycles. The number of aromatic nitrogens is 1. The Bertz CT molecular complexity index is 444. The minimum atomic E-state index is -0.448. The zero-order chi connectivity index (χ0) is 12.1. The number of rotatable bonds is 5. The third kappa shape index (κ3) is 3.89. The van der Waals surface area contributed by atoms with E-state index in [1.54, 1.807) is 17.5 Å². The number of nitrogens with zero attached hydrogens (tertiary/aromatic N) is 1. The van der Waals surface area contributed by atoms with Gasteiger partial charge in [-0.3, -0.25) is 4.98 Å². The summed E-state index contributed by atoms with van der Waals surface area (Å²) >= 11 is 4.94. The van der Waals surface area contributed by atoms with Crippen molar-refractivity contribution in [2.75, 3.05) is 6.54 Å². The van der Waals surface area contributed by atoms with E-state index < -0.39 is 6.10 Å². The highest BCUT2D eigenvalue weighted by Gasteiger charge is 2.06. The van der Waals surface area contributed by atoms with Crippen LogP contribution in [0, 0.1) is 0 Å². The summed E-state index contributed by atoms with van der Waals surface area (Å²) < 4.78 is 0.972. The smallest absolute Gasteiger partial charge is 0.0922 e. The summed E-state index contributed by atoms with van der Waals surface area (Å²) in [7, 11) is 0. The molecule has 0 aliphatic carbocycles. The minimum absolute atomic E-state index is 0.448. The molecule has 2 aromatic rings. The second kappa shape index (κ2) is 6.26. The third-order valence-electron chi connectivity index (χ3n) is 2.36. The van der Waals surface area contributed by atoms with E-state index in [1.807, 2.05) is 29.0 Å². The van der Waals surface area contributed by atoms with Gasteiger partial charge in [-0.15, -0.1) is 0 Å². The Morgan fingerprint density at radius 3 is 2.94 bits per heavy atom. The summed E-state index contributed by atoms with van der Waals surface area (Å²) in [6, 6.07) is 5.85. The SMILES string of the molecule is OC(CNCc1ccc(Br)cn1)c1ccsc1. The summed E-state index contributed by atoms with van der Waals surface area (Å²) in [4.78, 5) is 4.25. The number of hydrogen-bond donors (Lipinski definition) is 2. The lowest BCUT2D eigenvalue weighted by atomic mass is 10.2. The monoisotopic (exact) mass is 312 g/mol. The van der Waals surface area contributed by atoms with Crippen molar-refractivity contribution < 1.29 is 5.11 Å². The maximum absolute atomic E-state index is 9.85. The summed E-state index contributed by atoms with van der Waals surface area (Å²) in [5, 5.41) is 17.0. The molecule has 2 aromatic heterocycles. The van der Waals surface area contributed by atoms with Gasteiger partial charge < -0.3 is 10.4 Å². The van der Waals surface area contributed by atoms with Crippen LogP contribution in [0.1, 0.15) is 17.4 Å². The van der Waals surface area contributed by atoms with Crippen LogP contribution in [0.4, 0.5) is 0 Å². The van der Waals surface area contributed by atoms with Gasteiger partial charge in [0.25, 0.3) is 0 Å². The predicted octanol–water partition coefficient (Wildman–Crippen LogP) is 2.73. The van der Waals surface area contributed by atoms with E-state index in [9.17, 15) is 5.11 Å². The number of halogens is 1. The molecule has 1 atom stereocenters. The standard InChI is InChI=1S/C12H13BrN2OS/c13-10-1-2-11(15-5-10)6-14-7-12(16)9-3-4-17-8-9/h1-5,8,12,14,16H,6-7H2. The zero-order valence-corrected chi connectivity index (χ0v) is 11.5. The normalized spacial score (nSPS) is 12.6. The highest BCUT2D eigenvalue weighted by Crippen LogP contribution is 2.15. The van der Waals surface area contributed by atoms with E-state index >= 15 is 0 Å². The maximum Gasteiger partial charge on any atom is 0.0922 e. The van der Waals surface area contributed by atoms with Gasteiger partial charge in [-0.05, 0) is 50.5 Å². The van der Waals surface area contributed by atoms with Gasteiger partial charge in [0.2, 0.25) is 0 Å². The minimum Gasteiger partial charge on any atom is -0.387 e. The first-order chi connectivity index (χ1) is 8.25. The number of hydrogen-bond acceptors (Lipinski definition) is 4. The second-order valence-electron chi connectivity index (χ2n) is 3.67. The Morgan fingerprint density at radius 2 is 2.29 bits per heavy atom. The summed E-state index contributed by atoms with van der Waals surface area (Å²) in [6.45, 7) is 1.20. The van der Waals surface area contributed by atoms with E-state index in [0.29, 0.717) is 13.1 Å². The van der Waals surface area contributed by atoms with Gasteiger partial charge in [0, 0.05) is 23.8 Å². The number of aliphatic hydroxyl groups is 1. The van der Waals surface area contributed by atoms with Crippen LogP contribution in [0.25, 0.3) is 0 Å². The number of pyridine rings is 1. The van der Waals surface area contributed by atoms with E-state index in [1.165, 1.54) is 0 Å². The summed E-state index contributed by atoms with van der Waals surface area (Å²) in [6.07, 6.45) is 1.32. The lowest BCUT2D eigenvalue weighted by molar-refractivity contribution is 0.174. The van der Waals surface area contributed by atoms with Crippen LogP contribution in [0.15, 0.2) is 39.6 Å². The molecule has 2 rings (SSSR count). The average Bonchev–Trinajstić information content (AvgIpc) is 2.85. The molecule has 0 fully saturated rings. The van der Waals surface area contributed by atoms with Gasteiger partial charge in [-0.2, -0.15) is 11.3 Å². The molecule has 0 radical (unpaired) electrons. The summed E-state index contributed by atoms with van der Waals surface area (Å²) in [5.41, 5.74) is 1.93. The Kier molecular flexibility index (Phi) is 4.67. The Hall–Kier alpha value is -0.750. The first-order valence-corrected chi connectivity index (χ1v) is 7.00. The van der Waals surface area contributed by atoms with Crippen molar-refractivity contribution in [1.29, 1.82) is 0 Å². The fraction of sp³-hybridized carbons (Fsp3) is 0.250. The molecule has 0 aromatic carbocycles. The van der Waals surface area contributed by atoms with Crippen LogP contribution in [-0.2, 0) is 6.54 Å². The topological polar surface area (TPSA) is 45.1 Å². The van der Waals surface area contributed by atoms with Crippen LogP contribution < -0.4 is 5.32 Å². The van der Waals surface area contributed by atoms with Gasteiger partial charge in [0.1, 0.15) is 0 Å². The molecular weight excluding hydrogens is 300 g/mol. The Balaban J connectivity index is 1.78. The first-order valence-electron chi connectivity index (χ1n) is 5.27. The van der Waals surface area contributed by atoms with Crippen LogP contribution in [0.3, 0.4) is 0 Å². The largest absolute Gasteiger partial charge is 0.387 e. The lowest BCUT2D eigenvalue weighted by Gasteiger charge is -2.10. The predicted molar refractivity (Wildman–Crippen MR) is 72.9 cm³/mol. The highest BCUT2D eigenvalue weighted by atomic mass is 79.9. The van der Waals surface area contributed by atoms with Crippen molar-refractivity contribution in [3.63, 3.8) is 0 Å². The van der Waals surface area contributed by atoms with Crippen LogP contribution >= 0.6 is 27.3 Å². The second-order valence-corrected chi connectivity index (χ2v) is 5.37. The first kappa shape index (κ1) is 12.7. The molecular formula is C12H13BrN2OS. The molecule has 0 aliphatic heterocycles. The third-order valence-corrected chi connectivity index (χ3v) is 3.53. The van der Waals surface area contributed by atoms with Crippen molar-refractivity contribution in [1.82, 2.24) is 10.3 Å². The zero-order valence-electron chi connectivity index (χ0n) is 9.14. The van der Waals surface area contributed by atoms with Gasteiger partial charge in [-0.25, -0.2) is 0 Å². The average molecular weight is 313 g/mol. The molecule has 3 nitrogen and oxygen atoms in total. The molecule has 0 amide bonds. The van der Waals surface area contributed by atoms with Crippen molar-refractivity contribution >= 4 is 27.3 Å². The van der Waals surface area contributed by atoms with Crippen LogP contribution in [0.2, 0.25) is 0 Å². The van der Waals surface area contributed by atoms with E-state index in [4.69, 9.17) is 0 Å². The summed E-state index contributed by atoms with van der Waals surface area (Å²) in [5.74, 6) is 0. The van der Waals surface area contributed by atoms with Gasteiger partial charge in [-0.1, -0.05) is 0 Å². The molecule has 5 heteroatoms.